The fourth-order valence-electron chi connectivity index (χ4n) is 7.36. The summed E-state index contributed by atoms with van der Waals surface area (Å²) in [6, 6.07) is 0. The van der Waals surface area contributed by atoms with Crippen molar-refractivity contribution in [3.63, 3.8) is 0 Å². The minimum Gasteiger partial charge on any atom is -0.457 e. The maximum absolute atomic E-state index is 13.0. The number of hydrogen-bond donors (Lipinski definition) is 7. The third-order valence-corrected chi connectivity index (χ3v) is 11.6. The fraction of sp³-hybridized carbons (Fsp3) is 0.691. The van der Waals surface area contributed by atoms with E-state index in [0.717, 1.165) is 103 Å². The standard InChI is InChI=1S/C55H90O14/c1-3-5-7-9-11-13-15-16-17-18-19-20-21-22-23-24-25-26-27-29-31-33-35-37-39-64-41-44(67-47(57)38-36-34-32-30-28-14-12-10-8-6-4-2)42-65-54-53(63)51(61)49(59)46(69-54)43-66-55-52(62)50(60)48(58)45(40-56)68-55/h5,7,10-13,16-17,19-20,22-23,25-26,29,31,44-46,48-56,58-63H,3-4,6,8-9,14-15,18,21,24,27-28,30,32-43H2,1-2H3/b7-5-,12-10-,13-11-,17-16-,20-19-,23-22-,26-25-,31-29-. The molecule has 11 unspecified atom stereocenters. The van der Waals surface area contributed by atoms with Crippen molar-refractivity contribution in [2.75, 3.05) is 33.0 Å². The van der Waals surface area contributed by atoms with Crippen LogP contribution in [0, 0.1) is 0 Å². The monoisotopic (exact) mass is 975 g/mol. The highest BCUT2D eigenvalue weighted by Crippen LogP contribution is 2.26. The Kier molecular flexibility index (Phi) is 37.3. The quantitative estimate of drug-likeness (QED) is 0.0178. The molecule has 2 aliphatic heterocycles. The van der Waals surface area contributed by atoms with Crippen LogP contribution in [0.3, 0.4) is 0 Å². The SMILES string of the molecule is CC/C=C\C/C=C\C/C=C\C/C=C\C/C=C\C/C=C\C/C=C\CCCCOCC(COC1OC(COC2OC(CO)C(O)C(O)C2O)C(O)C(O)C1O)OC(=O)CCCCCCC/C=C\CCCC. The molecule has 0 aliphatic carbocycles. The molecule has 0 spiro atoms. The predicted molar refractivity (Wildman–Crippen MR) is 270 cm³/mol. The summed E-state index contributed by atoms with van der Waals surface area (Å²) in [5.41, 5.74) is 0. The van der Waals surface area contributed by atoms with E-state index < -0.39 is 86.7 Å². The van der Waals surface area contributed by atoms with Crippen LogP contribution in [0.1, 0.15) is 142 Å². The van der Waals surface area contributed by atoms with Crippen LogP contribution in [0.2, 0.25) is 0 Å². The first kappa shape index (κ1) is 62.0. The molecular weight excluding hydrogens is 885 g/mol. The van der Waals surface area contributed by atoms with Gasteiger partial charge in [-0.3, -0.25) is 4.79 Å². The molecule has 0 aromatic heterocycles. The van der Waals surface area contributed by atoms with E-state index in [9.17, 15) is 40.5 Å². The van der Waals surface area contributed by atoms with Crippen LogP contribution in [0.15, 0.2) is 97.2 Å². The molecule has 7 N–H and O–H groups in total. The molecule has 14 nitrogen and oxygen atoms in total. The van der Waals surface area contributed by atoms with Gasteiger partial charge in [0.25, 0.3) is 0 Å². The van der Waals surface area contributed by atoms with Gasteiger partial charge in [-0.2, -0.15) is 0 Å². The molecule has 0 aromatic carbocycles. The highest BCUT2D eigenvalue weighted by molar-refractivity contribution is 5.69. The van der Waals surface area contributed by atoms with Gasteiger partial charge in [0.1, 0.15) is 54.9 Å². The lowest BCUT2D eigenvalue weighted by molar-refractivity contribution is -0.332. The van der Waals surface area contributed by atoms with Gasteiger partial charge >= 0.3 is 5.97 Å². The van der Waals surface area contributed by atoms with Gasteiger partial charge in [-0.05, 0) is 89.9 Å². The number of aliphatic hydroxyl groups excluding tert-OH is 7. The van der Waals surface area contributed by atoms with Crippen LogP contribution >= 0.6 is 0 Å². The number of unbranched alkanes of at least 4 members (excludes halogenated alkanes) is 9. The Morgan fingerprint density at radius 2 is 0.942 bits per heavy atom. The Hall–Kier alpha value is -3.09. The Balaban J connectivity index is 1.76. The van der Waals surface area contributed by atoms with E-state index >= 15 is 0 Å². The van der Waals surface area contributed by atoms with Crippen molar-refractivity contribution in [2.24, 2.45) is 0 Å². The number of ether oxygens (including phenoxy) is 6. The van der Waals surface area contributed by atoms with Crippen molar-refractivity contribution >= 4 is 5.97 Å². The molecule has 14 heteroatoms. The maximum atomic E-state index is 13.0. The molecule has 69 heavy (non-hydrogen) atoms. The van der Waals surface area contributed by atoms with Crippen molar-refractivity contribution < 1.29 is 69.0 Å². The van der Waals surface area contributed by atoms with Crippen molar-refractivity contribution in [3.05, 3.63) is 97.2 Å². The number of aliphatic hydroxyl groups is 7. The van der Waals surface area contributed by atoms with Crippen molar-refractivity contribution in [1.29, 1.82) is 0 Å². The molecule has 11 atom stereocenters. The number of allylic oxidation sites excluding steroid dienone is 16. The van der Waals surface area contributed by atoms with E-state index in [-0.39, 0.29) is 19.6 Å². The van der Waals surface area contributed by atoms with Crippen molar-refractivity contribution in [2.45, 2.75) is 210 Å². The lowest BCUT2D eigenvalue weighted by Crippen LogP contribution is -2.61. The molecule has 2 aliphatic rings. The van der Waals surface area contributed by atoms with Gasteiger partial charge < -0.3 is 64.2 Å². The minimum absolute atomic E-state index is 0.0215. The summed E-state index contributed by atoms with van der Waals surface area (Å²) >= 11 is 0. The van der Waals surface area contributed by atoms with E-state index in [4.69, 9.17) is 28.4 Å². The second-order valence-corrected chi connectivity index (χ2v) is 17.6. The summed E-state index contributed by atoms with van der Waals surface area (Å²) in [5, 5.41) is 72.1. The highest BCUT2D eigenvalue weighted by atomic mass is 16.7. The van der Waals surface area contributed by atoms with Crippen LogP contribution < -0.4 is 0 Å². The van der Waals surface area contributed by atoms with E-state index in [1.165, 1.54) is 12.8 Å². The van der Waals surface area contributed by atoms with Crippen LogP contribution in [0.25, 0.3) is 0 Å². The Morgan fingerprint density at radius 3 is 1.49 bits per heavy atom. The molecule has 2 heterocycles. The molecule has 0 amide bonds. The number of hydrogen-bond acceptors (Lipinski definition) is 14. The van der Waals surface area contributed by atoms with Crippen LogP contribution in [0.4, 0.5) is 0 Å². The number of esters is 1. The molecule has 0 saturated carbocycles. The lowest BCUT2D eigenvalue weighted by Gasteiger charge is -2.42. The molecule has 0 aromatic rings. The maximum Gasteiger partial charge on any atom is 0.306 e. The Labute approximate surface area is 413 Å². The van der Waals surface area contributed by atoms with Crippen molar-refractivity contribution in [3.8, 4) is 0 Å². The average Bonchev–Trinajstić information content (AvgIpc) is 3.35. The number of carbonyl (C=O) groups excluding carboxylic acids is 1. The van der Waals surface area contributed by atoms with E-state index in [2.05, 4.69) is 111 Å². The first-order valence-electron chi connectivity index (χ1n) is 25.8. The number of rotatable bonds is 39. The molecular formula is C55H90O14. The van der Waals surface area contributed by atoms with Gasteiger partial charge in [-0.15, -0.1) is 0 Å². The fourth-order valence-corrected chi connectivity index (χ4v) is 7.36. The first-order valence-corrected chi connectivity index (χ1v) is 25.8. The normalized spacial score (nSPS) is 26.5. The van der Waals surface area contributed by atoms with E-state index in [0.29, 0.717) is 13.0 Å². The molecule has 0 radical (unpaired) electrons. The van der Waals surface area contributed by atoms with E-state index in [1.54, 1.807) is 0 Å². The van der Waals surface area contributed by atoms with Gasteiger partial charge in [-0.25, -0.2) is 0 Å². The summed E-state index contributed by atoms with van der Waals surface area (Å²) in [5.74, 6) is -0.408. The zero-order valence-corrected chi connectivity index (χ0v) is 41.8. The topological polar surface area (TPSA) is 214 Å². The zero-order valence-electron chi connectivity index (χ0n) is 41.8. The third kappa shape index (κ3) is 29.1. The predicted octanol–water partition coefficient (Wildman–Crippen LogP) is 7.85. The zero-order chi connectivity index (χ0) is 50.2. The van der Waals surface area contributed by atoms with Crippen LogP contribution in [-0.4, -0.2) is 142 Å². The van der Waals surface area contributed by atoms with Crippen molar-refractivity contribution in [1.82, 2.24) is 0 Å². The van der Waals surface area contributed by atoms with Crippen LogP contribution in [-0.2, 0) is 33.2 Å². The molecule has 2 saturated heterocycles. The Bertz CT molecular complexity index is 1500. The lowest BCUT2D eigenvalue weighted by atomic mass is 9.98. The second-order valence-electron chi connectivity index (χ2n) is 17.6. The molecule has 2 fully saturated rings. The summed E-state index contributed by atoms with van der Waals surface area (Å²) < 4.78 is 34.2. The smallest absolute Gasteiger partial charge is 0.306 e. The highest BCUT2D eigenvalue weighted by Gasteiger charge is 2.47. The van der Waals surface area contributed by atoms with Gasteiger partial charge in [0.15, 0.2) is 12.6 Å². The van der Waals surface area contributed by atoms with Gasteiger partial charge in [0.2, 0.25) is 0 Å². The number of carbonyl (C=O) groups is 1. The summed E-state index contributed by atoms with van der Waals surface area (Å²) in [7, 11) is 0. The van der Waals surface area contributed by atoms with E-state index in [1.807, 2.05) is 0 Å². The third-order valence-electron chi connectivity index (χ3n) is 11.6. The van der Waals surface area contributed by atoms with Gasteiger partial charge in [0, 0.05) is 13.0 Å². The summed E-state index contributed by atoms with van der Waals surface area (Å²) in [4.78, 5) is 13.0. The Morgan fingerprint density at radius 1 is 0.493 bits per heavy atom. The summed E-state index contributed by atoms with van der Waals surface area (Å²) in [6.07, 6.45) is 37.7. The molecule has 394 valence electrons. The molecule has 2 rings (SSSR count). The largest absolute Gasteiger partial charge is 0.457 e. The first-order chi connectivity index (χ1) is 33.6. The minimum atomic E-state index is -1.72. The summed E-state index contributed by atoms with van der Waals surface area (Å²) in [6.45, 7) is 3.37. The second kappa shape index (κ2) is 41.5. The van der Waals surface area contributed by atoms with Gasteiger partial charge in [-0.1, -0.05) is 143 Å². The van der Waals surface area contributed by atoms with Crippen LogP contribution in [0.5, 0.6) is 0 Å². The molecule has 0 bridgehead atoms. The van der Waals surface area contributed by atoms with Gasteiger partial charge in [0.05, 0.1) is 26.4 Å². The average molecular weight is 975 g/mol.